The molecule has 4 nitrogen and oxygen atoms in total. The quantitative estimate of drug-likeness (QED) is 0.882. The number of hydrogen-bond acceptors (Lipinski definition) is 4. The predicted octanol–water partition coefficient (Wildman–Crippen LogP) is 1.67. The van der Waals surface area contributed by atoms with Crippen LogP contribution >= 0.6 is 0 Å². The van der Waals surface area contributed by atoms with Gasteiger partial charge in [-0.15, -0.1) is 0 Å². The Kier molecular flexibility index (Phi) is 2.92. The number of rotatable bonds is 4. The van der Waals surface area contributed by atoms with Crippen LogP contribution in [0, 0.1) is 5.92 Å². The van der Waals surface area contributed by atoms with Crippen molar-refractivity contribution < 1.29 is 14.2 Å². The van der Waals surface area contributed by atoms with Crippen molar-refractivity contribution in [3.8, 4) is 11.5 Å². The van der Waals surface area contributed by atoms with Crippen molar-refractivity contribution in [2.45, 2.75) is 18.8 Å². The molecule has 0 spiro atoms. The first kappa shape index (κ1) is 11.8. The zero-order valence-electron chi connectivity index (χ0n) is 10.6. The first-order chi connectivity index (χ1) is 8.71. The van der Waals surface area contributed by atoms with Gasteiger partial charge in [-0.2, -0.15) is 0 Å². The van der Waals surface area contributed by atoms with Crippen molar-refractivity contribution in [3.05, 3.63) is 23.8 Å². The lowest BCUT2D eigenvalue weighted by Crippen LogP contribution is -2.39. The highest BCUT2D eigenvalue weighted by atomic mass is 16.7. The third-order valence-corrected chi connectivity index (χ3v) is 3.97. The summed E-state index contributed by atoms with van der Waals surface area (Å²) in [5, 5.41) is 0. The van der Waals surface area contributed by atoms with E-state index in [1.54, 1.807) is 0 Å². The minimum absolute atomic E-state index is 0.0184. The maximum Gasteiger partial charge on any atom is 0.231 e. The molecule has 4 heteroatoms. The molecule has 2 aliphatic rings. The molecule has 1 aromatic carbocycles. The van der Waals surface area contributed by atoms with Crippen molar-refractivity contribution in [3.63, 3.8) is 0 Å². The van der Waals surface area contributed by atoms with Crippen LogP contribution < -0.4 is 15.2 Å². The van der Waals surface area contributed by atoms with E-state index in [9.17, 15) is 0 Å². The van der Waals surface area contributed by atoms with Crippen LogP contribution in [0.3, 0.4) is 0 Å². The van der Waals surface area contributed by atoms with Crippen LogP contribution in [-0.4, -0.2) is 26.6 Å². The van der Waals surface area contributed by atoms with Gasteiger partial charge in [0.2, 0.25) is 6.79 Å². The second kappa shape index (κ2) is 4.44. The molecular weight excluding hydrogens is 230 g/mol. The lowest BCUT2D eigenvalue weighted by molar-refractivity contribution is -0.0441. The predicted molar refractivity (Wildman–Crippen MR) is 67.9 cm³/mol. The monoisotopic (exact) mass is 249 g/mol. The summed E-state index contributed by atoms with van der Waals surface area (Å²) in [7, 11) is 0. The largest absolute Gasteiger partial charge is 0.454 e. The van der Waals surface area contributed by atoms with Gasteiger partial charge >= 0.3 is 0 Å². The van der Waals surface area contributed by atoms with Crippen molar-refractivity contribution in [2.75, 3.05) is 26.6 Å². The summed E-state index contributed by atoms with van der Waals surface area (Å²) in [4.78, 5) is 0. The van der Waals surface area contributed by atoms with Crippen LogP contribution in [0.4, 0.5) is 0 Å². The molecule has 0 bridgehead atoms. The third-order valence-electron chi connectivity index (χ3n) is 3.97. The minimum Gasteiger partial charge on any atom is -0.454 e. The number of benzene rings is 1. The Bertz CT molecular complexity index is 445. The van der Waals surface area contributed by atoms with Gasteiger partial charge in [0.15, 0.2) is 11.5 Å². The van der Waals surface area contributed by atoms with Crippen LogP contribution in [0.2, 0.25) is 0 Å². The lowest BCUT2D eigenvalue weighted by atomic mass is 9.75. The summed E-state index contributed by atoms with van der Waals surface area (Å²) >= 11 is 0. The molecule has 1 atom stereocenters. The van der Waals surface area contributed by atoms with E-state index in [0.717, 1.165) is 31.1 Å². The molecule has 2 aliphatic heterocycles. The van der Waals surface area contributed by atoms with E-state index >= 15 is 0 Å². The van der Waals surface area contributed by atoms with Crippen LogP contribution in [0.15, 0.2) is 18.2 Å². The molecule has 2 N–H and O–H groups in total. The van der Waals surface area contributed by atoms with Gasteiger partial charge in [0.1, 0.15) is 0 Å². The minimum atomic E-state index is -0.0184. The summed E-state index contributed by atoms with van der Waals surface area (Å²) in [6.07, 6.45) is 1.06. The normalized spacial score (nSPS) is 21.4. The maximum absolute atomic E-state index is 6.00. The van der Waals surface area contributed by atoms with E-state index in [1.165, 1.54) is 5.56 Å². The molecule has 3 rings (SSSR count). The van der Waals surface area contributed by atoms with Crippen molar-refractivity contribution >= 4 is 0 Å². The van der Waals surface area contributed by atoms with Crippen molar-refractivity contribution in [1.29, 1.82) is 0 Å². The topological polar surface area (TPSA) is 53.7 Å². The molecule has 98 valence electrons. The Hall–Kier alpha value is -1.26. The molecule has 0 saturated carbocycles. The summed E-state index contributed by atoms with van der Waals surface area (Å²) in [5.41, 5.74) is 7.20. The number of fused-ring (bicyclic) bond motifs is 1. The molecule has 1 saturated heterocycles. The molecule has 0 amide bonds. The number of nitrogens with two attached hydrogens (primary N) is 1. The SMILES string of the molecule is CC(CN)(CC1COC1)c1ccc2c(c1)OCO2. The van der Waals surface area contributed by atoms with E-state index < -0.39 is 0 Å². The van der Waals surface area contributed by atoms with Crippen molar-refractivity contribution in [2.24, 2.45) is 11.7 Å². The van der Waals surface area contributed by atoms with Gasteiger partial charge < -0.3 is 19.9 Å². The van der Waals surface area contributed by atoms with Gasteiger partial charge in [0, 0.05) is 17.9 Å². The van der Waals surface area contributed by atoms with Crippen molar-refractivity contribution in [1.82, 2.24) is 0 Å². The fourth-order valence-corrected chi connectivity index (χ4v) is 2.63. The molecular formula is C14H19NO3. The fraction of sp³-hybridized carbons (Fsp3) is 0.571. The number of hydrogen-bond donors (Lipinski definition) is 1. The van der Waals surface area contributed by atoms with Crippen LogP contribution in [0.1, 0.15) is 18.9 Å². The van der Waals surface area contributed by atoms with Crippen LogP contribution in [0.25, 0.3) is 0 Å². The first-order valence-corrected chi connectivity index (χ1v) is 6.39. The fourth-order valence-electron chi connectivity index (χ4n) is 2.63. The molecule has 0 aliphatic carbocycles. The second-order valence-corrected chi connectivity index (χ2v) is 5.44. The standard InChI is InChI=1S/C14H19NO3/c1-14(8-15,5-10-6-16-7-10)11-2-3-12-13(4-11)18-9-17-12/h2-4,10H,5-9,15H2,1H3. The van der Waals surface area contributed by atoms with Gasteiger partial charge in [-0.25, -0.2) is 0 Å². The highest BCUT2D eigenvalue weighted by Crippen LogP contribution is 2.39. The number of ether oxygens (including phenoxy) is 3. The van der Waals surface area contributed by atoms with Gasteiger partial charge in [-0.1, -0.05) is 13.0 Å². The van der Waals surface area contributed by atoms with Gasteiger partial charge in [0.25, 0.3) is 0 Å². The highest BCUT2D eigenvalue weighted by Gasteiger charge is 2.33. The molecule has 18 heavy (non-hydrogen) atoms. The Morgan fingerprint density at radius 3 is 2.72 bits per heavy atom. The van der Waals surface area contributed by atoms with E-state index in [-0.39, 0.29) is 5.41 Å². The molecule has 0 aromatic heterocycles. The Morgan fingerprint density at radius 1 is 1.28 bits per heavy atom. The molecule has 1 unspecified atom stereocenters. The average Bonchev–Trinajstić information content (AvgIpc) is 2.80. The summed E-state index contributed by atoms with van der Waals surface area (Å²) < 4.78 is 16.0. The molecule has 2 heterocycles. The second-order valence-electron chi connectivity index (χ2n) is 5.44. The van der Waals surface area contributed by atoms with Crippen LogP contribution in [0.5, 0.6) is 11.5 Å². The van der Waals surface area contributed by atoms with Gasteiger partial charge in [0.05, 0.1) is 13.2 Å². The molecule has 1 aromatic rings. The van der Waals surface area contributed by atoms with Gasteiger partial charge in [-0.3, -0.25) is 0 Å². The van der Waals surface area contributed by atoms with E-state index in [0.29, 0.717) is 19.3 Å². The summed E-state index contributed by atoms with van der Waals surface area (Å²) in [5.74, 6) is 2.28. The third kappa shape index (κ3) is 1.95. The Labute approximate surface area is 107 Å². The summed E-state index contributed by atoms with van der Waals surface area (Å²) in [6, 6.07) is 6.14. The van der Waals surface area contributed by atoms with E-state index in [1.807, 2.05) is 6.07 Å². The zero-order valence-corrected chi connectivity index (χ0v) is 10.6. The average molecular weight is 249 g/mol. The Balaban J connectivity index is 1.85. The van der Waals surface area contributed by atoms with E-state index in [2.05, 4.69) is 19.1 Å². The zero-order chi connectivity index (χ0) is 12.6. The lowest BCUT2D eigenvalue weighted by Gasteiger charge is -2.36. The summed E-state index contributed by atoms with van der Waals surface area (Å²) in [6.45, 7) is 4.88. The van der Waals surface area contributed by atoms with Crippen LogP contribution in [-0.2, 0) is 10.2 Å². The molecule has 1 fully saturated rings. The first-order valence-electron chi connectivity index (χ1n) is 6.39. The smallest absolute Gasteiger partial charge is 0.231 e. The molecule has 0 radical (unpaired) electrons. The maximum atomic E-state index is 6.00. The van der Waals surface area contributed by atoms with Gasteiger partial charge in [-0.05, 0) is 24.1 Å². The van der Waals surface area contributed by atoms with E-state index in [4.69, 9.17) is 19.9 Å². The highest BCUT2D eigenvalue weighted by molar-refractivity contribution is 5.46. The Morgan fingerprint density at radius 2 is 2.06 bits per heavy atom.